The third-order valence-electron chi connectivity index (χ3n) is 4.96. The molecule has 3 rings (SSSR count). The molecule has 8 nitrogen and oxygen atoms in total. The van der Waals surface area contributed by atoms with E-state index in [1.54, 1.807) is 13.2 Å². The highest BCUT2D eigenvalue weighted by molar-refractivity contribution is 5.79. The van der Waals surface area contributed by atoms with E-state index in [0.717, 1.165) is 63.1 Å². The Morgan fingerprint density at radius 1 is 1.09 bits per heavy atom. The second-order valence-corrected chi connectivity index (χ2v) is 7.53. The summed E-state index contributed by atoms with van der Waals surface area (Å²) in [5.41, 5.74) is 1.04. The molecule has 32 heavy (non-hydrogen) atoms. The van der Waals surface area contributed by atoms with Crippen molar-refractivity contribution in [2.75, 3.05) is 53.2 Å². The van der Waals surface area contributed by atoms with E-state index in [1.165, 1.54) is 0 Å². The van der Waals surface area contributed by atoms with Gasteiger partial charge in [-0.05, 0) is 30.5 Å². The highest BCUT2D eigenvalue weighted by Crippen LogP contribution is 2.12. The summed E-state index contributed by atoms with van der Waals surface area (Å²) in [4.78, 5) is 8.61. The van der Waals surface area contributed by atoms with Crippen LogP contribution in [0.3, 0.4) is 0 Å². The quantitative estimate of drug-likeness (QED) is 0.280. The molecule has 1 aromatic carbocycles. The molecule has 0 radical (unpaired) electrons. The normalized spacial score (nSPS) is 16.0. The van der Waals surface area contributed by atoms with E-state index in [1.807, 2.05) is 42.5 Å². The van der Waals surface area contributed by atoms with Gasteiger partial charge in [-0.3, -0.25) is 4.99 Å². The lowest BCUT2D eigenvalue weighted by Gasteiger charge is -2.13. The first-order valence-electron chi connectivity index (χ1n) is 11.2. The first kappa shape index (κ1) is 23.8. The van der Waals surface area contributed by atoms with Gasteiger partial charge in [0.15, 0.2) is 5.96 Å². The molecule has 1 atom stereocenters. The monoisotopic (exact) mass is 442 g/mol. The molecule has 1 fully saturated rings. The Hall–Kier alpha value is -2.84. The number of pyridine rings is 1. The first-order chi connectivity index (χ1) is 15.8. The van der Waals surface area contributed by atoms with E-state index in [2.05, 4.69) is 20.6 Å². The van der Waals surface area contributed by atoms with Gasteiger partial charge in [-0.15, -0.1) is 0 Å². The first-order valence-corrected chi connectivity index (χ1v) is 11.2. The van der Waals surface area contributed by atoms with Crippen molar-refractivity contribution >= 4 is 5.96 Å². The van der Waals surface area contributed by atoms with E-state index in [9.17, 15) is 0 Å². The van der Waals surface area contributed by atoms with Gasteiger partial charge in [0, 0.05) is 51.5 Å². The van der Waals surface area contributed by atoms with Gasteiger partial charge in [-0.2, -0.15) is 0 Å². The van der Waals surface area contributed by atoms with Crippen molar-refractivity contribution in [1.29, 1.82) is 0 Å². The molecule has 0 aliphatic carbocycles. The zero-order valence-corrected chi connectivity index (χ0v) is 18.8. The zero-order chi connectivity index (χ0) is 22.3. The predicted molar refractivity (Wildman–Crippen MR) is 124 cm³/mol. The molecule has 0 saturated carbocycles. The molecule has 0 spiro atoms. The maximum Gasteiger partial charge on any atom is 0.213 e. The summed E-state index contributed by atoms with van der Waals surface area (Å²) in [7, 11) is 1.76. The standard InChI is InChI=1S/C24H34N4O4/c1-25-24(26-11-5-12-29-18-21-10-13-30-19-21)28-17-20-8-9-23(27-16-20)32-15-14-31-22-6-3-2-4-7-22/h2-4,6-9,16,21H,5,10-15,17-19H2,1H3,(H2,25,26,28). The van der Waals surface area contributed by atoms with Crippen LogP contribution in [-0.4, -0.2) is 64.2 Å². The molecule has 174 valence electrons. The molecule has 1 saturated heterocycles. The molecule has 2 heterocycles. The summed E-state index contributed by atoms with van der Waals surface area (Å²) >= 11 is 0. The SMILES string of the molecule is CN=C(NCCCOCC1CCOC1)NCc1ccc(OCCOc2ccccc2)nc1. The van der Waals surface area contributed by atoms with Crippen LogP contribution in [-0.2, 0) is 16.0 Å². The minimum atomic E-state index is 0.439. The van der Waals surface area contributed by atoms with Crippen LogP contribution >= 0.6 is 0 Å². The molecule has 0 amide bonds. The van der Waals surface area contributed by atoms with Gasteiger partial charge < -0.3 is 29.6 Å². The maximum atomic E-state index is 5.72. The Labute approximate surface area is 190 Å². The third kappa shape index (κ3) is 9.11. The smallest absolute Gasteiger partial charge is 0.213 e. The highest BCUT2D eigenvalue weighted by Gasteiger charge is 2.15. The molecule has 2 N–H and O–H groups in total. The van der Waals surface area contributed by atoms with Gasteiger partial charge in [-0.25, -0.2) is 4.98 Å². The van der Waals surface area contributed by atoms with E-state index in [4.69, 9.17) is 18.9 Å². The Kier molecular flexibility index (Phi) is 10.6. The molecule has 1 aliphatic rings. The molecular weight excluding hydrogens is 408 g/mol. The number of rotatable bonds is 13. The largest absolute Gasteiger partial charge is 0.490 e. The van der Waals surface area contributed by atoms with E-state index >= 15 is 0 Å². The lowest BCUT2D eigenvalue weighted by molar-refractivity contribution is 0.0888. The van der Waals surface area contributed by atoms with Gasteiger partial charge in [0.1, 0.15) is 19.0 Å². The topological polar surface area (TPSA) is 86.2 Å². The third-order valence-corrected chi connectivity index (χ3v) is 4.96. The average molecular weight is 443 g/mol. The van der Waals surface area contributed by atoms with E-state index in [-0.39, 0.29) is 0 Å². The zero-order valence-electron chi connectivity index (χ0n) is 18.8. The molecule has 1 unspecified atom stereocenters. The van der Waals surface area contributed by atoms with Crippen LogP contribution in [0.2, 0.25) is 0 Å². The van der Waals surface area contributed by atoms with Gasteiger partial charge in [0.05, 0.1) is 13.2 Å². The Morgan fingerprint density at radius 3 is 2.72 bits per heavy atom. The fourth-order valence-corrected chi connectivity index (χ4v) is 3.18. The highest BCUT2D eigenvalue weighted by atomic mass is 16.5. The van der Waals surface area contributed by atoms with Crippen molar-refractivity contribution < 1.29 is 18.9 Å². The van der Waals surface area contributed by atoms with Crippen molar-refractivity contribution in [1.82, 2.24) is 15.6 Å². The second-order valence-electron chi connectivity index (χ2n) is 7.53. The average Bonchev–Trinajstić information content (AvgIpc) is 3.36. The van der Waals surface area contributed by atoms with Gasteiger partial charge >= 0.3 is 0 Å². The molecule has 1 aromatic heterocycles. The fraction of sp³-hybridized carbons (Fsp3) is 0.500. The van der Waals surface area contributed by atoms with E-state index < -0.39 is 0 Å². The number of aliphatic imine (C=N–C) groups is 1. The van der Waals surface area contributed by atoms with Crippen molar-refractivity contribution in [3.8, 4) is 11.6 Å². The fourth-order valence-electron chi connectivity index (χ4n) is 3.18. The summed E-state index contributed by atoms with van der Waals surface area (Å²) in [6.45, 7) is 5.57. The molecular formula is C24H34N4O4. The van der Waals surface area contributed by atoms with Crippen LogP contribution in [0.25, 0.3) is 0 Å². The summed E-state index contributed by atoms with van der Waals surface area (Å²) in [6, 6.07) is 13.5. The predicted octanol–water partition coefficient (Wildman–Crippen LogP) is 2.65. The van der Waals surface area contributed by atoms with Crippen molar-refractivity contribution in [3.05, 3.63) is 54.2 Å². The maximum absolute atomic E-state index is 5.72. The summed E-state index contributed by atoms with van der Waals surface area (Å²) in [5, 5.41) is 6.59. The number of guanidine groups is 1. The second kappa shape index (κ2) is 14.3. The van der Waals surface area contributed by atoms with Crippen molar-refractivity contribution in [2.24, 2.45) is 10.9 Å². The lowest BCUT2D eigenvalue weighted by atomic mass is 10.1. The minimum absolute atomic E-state index is 0.439. The summed E-state index contributed by atoms with van der Waals surface area (Å²) in [5.74, 6) is 2.73. The lowest BCUT2D eigenvalue weighted by Crippen LogP contribution is -2.37. The van der Waals surface area contributed by atoms with E-state index in [0.29, 0.717) is 31.6 Å². The number of aromatic nitrogens is 1. The molecule has 0 bridgehead atoms. The number of nitrogens with one attached hydrogen (secondary N) is 2. The van der Waals surface area contributed by atoms with Crippen LogP contribution in [0.5, 0.6) is 11.6 Å². The van der Waals surface area contributed by atoms with Crippen LogP contribution in [0.4, 0.5) is 0 Å². The number of benzene rings is 1. The van der Waals surface area contributed by atoms with Gasteiger partial charge in [-0.1, -0.05) is 24.3 Å². The van der Waals surface area contributed by atoms with Crippen molar-refractivity contribution in [3.63, 3.8) is 0 Å². The summed E-state index contributed by atoms with van der Waals surface area (Å²) in [6.07, 6.45) is 3.84. The molecule has 1 aliphatic heterocycles. The minimum Gasteiger partial charge on any atom is -0.490 e. The number of hydrogen-bond acceptors (Lipinski definition) is 6. The number of ether oxygens (including phenoxy) is 4. The number of nitrogens with zero attached hydrogens (tertiary/aromatic N) is 2. The van der Waals surface area contributed by atoms with Crippen molar-refractivity contribution in [2.45, 2.75) is 19.4 Å². The van der Waals surface area contributed by atoms with Gasteiger partial charge in [0.25, 0.3) is 0 Å². The molecule has 8 heteroatoms. The summed E-state index contributed by atoms with van der Waals surface area (Å²) < 4.78 is 22.3. The Morgan fingerprint density at radius 2 is 1.97 bits per heavy atom. The van der Waals surface area contributed by atoms with Crippen LogP contribution in [0.15, 0.2) is 53.7 Å². The Balaban J connectivity index is 1.24. The molecule has 2 aromatic rings. The van der Waals surface area contributed by atoms with Crippen LogP contribution < -0.4 is 20.1 Å². The van der Waals surface area contributed by atoms with Crippen LogP contribution in [0, 0.1) is 5.92 Å². The number of para-hydroxylation sites is 1. The Bertz CT molecular complexity index is 780. The number of hydrogen-bond donors (Lipinski definition) is 2. The van der Waals surface area contributed by atoms with Gasteiger partial charge in [0.2, 0.25) is 5.88 Å². The van der Waals surface area contributed by atoms with Crippen LogP contribution in [0.1, 0.15) is 18.4 Å².